The van der Waals surface area contributed by atoms with E-state index in [1.807, 2.05) is 46.3 Å². The molecule has 0 bridgehead atoms. The van der Waals surface area contributed by atoms with E-state index < -0.39 is 0 Å². The predicted octanol–water partition coefficient (Wildman–Crippen LogP) is 10.4. The molecule has 5 heteroatoms. The Morgan fingerprint density at radius 1 is 0.889 bits per heavy atom. The van der Waals surface area contributed by atoms with E-state index in [0.717, 1.165) is 36.9 Å². The van der Waals surface area contributed by atoms with Crippen LogP contribution in [-0.4, -0.2) is 20.9 Å². The van der Waals surface area contributed by atoms with Crippen LogP contribution >= 0.6 is 0 Å². The number of carbonyl (C=O) groups is 1. The molecule has 0 saturated heterocycles. The van der Waals surface area contributed by atoms with Gasteiger partial charge in [-0.3, -0.25) is 9.78 Å². The van der Waals surface area contributed by atoms with Crippen molar-refractivity contribution in [1.82, 2.24) is 9.97 Å². The Balaban J connectivity index is 0.000000249. The van der Waals surface area contributed by atoms with Gasteiger partial charge in [0.1, 0.15) is 0 Å². The summed E-state index contributed by atoms with van der Waals surface area (Å²) in [4.78, 5) is 20.9. The van der Waals surface area contributed by atoms with Crippen LogP contribution in [0.2, 0.25) is 0 Å². The second-order valence-electron chi connectivity index (χ2n) is 12.3. The molecule has 4 nitrogen and oxygen atoms in total. The average molecular weight is 776 g/mol. The summed E-state index contributed by atoms with van der Waals surface area (Å²) in [6.45, 7) is 12.7. The van der Waals surface area contributed by atoms with Gasteiger partial charge in [-0.25, -0.2) is 0 Å². The number of aromatic nitrogens is 2. The summed E-state index contributed by atoms with van der Waals surface area (Å²) in [5.41, 5.74) is 6.99. The Morgan fingerprint density at radius 2 is 1.56 bits per heavy atom. The Hall–Kier alpha value is -3.66. The molecule has 45 heavy (non-hydrogen) atoms. The van der Waals surface area contributed by atoms with E-state index in [1.165, 1.54) is 49.9 Å². The third kappa shape index (κ3) is 6.66. The van der Waals surface area contributed by atoms with Crippen molar-refractivity contribution in [3.63, 3.8) is 0 Å². The number of aliphatic hydroxyl groups excluding tert-OH is 1. The van der Waals surface area contributed by atoms with Crippen molar-refractivity contribution in [3.05, 3.63) is 108 Å². The van der Waals surface area contributed by atoms with E-state index in [2.05, 4.69) is 85.6 Å². The first-order valence-electron chi connectivity index (χ1n) is 16.0. The van der Waals surface area contributed by atoms with Gasteiger partial charge >= 0.3 is 0 Å². The van der Waals surface area contributed by atoms with Gasteiger partial charge in [-0.05, 0) is 76.4 Å². The van der Waals surface area contributed by atoms with E-state index in [4.69, 9.17) is 4.98 Å². The molecule has 0 saturated carbocycles. The Bertz CT molecular complexity index is 1820. The SMILES string of the molecule is CC1(C)c2c([c-]cc3ccncc23)-c2nccc3cc(-c4ccccc4)cc1c23.CCC(CC)C(=O)/C=C(\O)C(CC)CC.[Ir]. The fraction of sp³-hybridized carbons (Fsp3) is 0.325. The quantitative estimate of drug-likeness (QED) is 0.0969. The van der Waals surface area contributed by atoms with Crippen molar-refractivity contribution < 1.29 is 30.0 Å². The number of carbonyl (C=O) groups excluding carboxylic acids is 1. The molecule has 2 aromatic heterocycles. The van der Waals surface area contributed by atoms with Crippen LogP contribution in [0, 0.1) is 17.9 Å². The Labute approximate surface area is 281 Å². The van der Waals surface area contributed by atoms with Gasteiger partial charge in [0, 0.05) is 56.6 Å². The van der Waals surface area contributed by atoms with Gasteiger partial charge in [-0.15, -0.1) is 23.3 Å². The van der Waals surface area contributed by atoms with Crippen molar-refractivity contribution in [2.75, 3.05) is 0 Å². The third-order valence-electron chi connectivity index (χ3n) is 9.33. The molecule has 1 aliphatic carbocycles. The van der Waals surface area contributed by atoms with Gasteiger partial charge in [0.15, 0.2) is 5.78 Å². The second kappa shape index (κ2) is 14.6. The number of fused-ring (bicyclic) bond motifs is 4. The molecule has 2 heterocycles. The number of pyridine rings is 2. The van der Waals surface area contributed by atoms with E-state index in [1.54, 1.807) is 0 Å². The van der Waals surface area contributed by atoms with Gasteiger partial charge < -0.3 is 10.1 Å². The molecule has 0 fully saturated rings. The molecule has 0 aliphatic heterocycles. The summed E-state index contributed by atoms with van der Waals surface area (Å²) < 4.78 is 0. The molecule has 235 valence electrons. The molecule has 0 unspecified atom stereocenters. The minimum atomic E-state index is -0.187. The first kappa shape index (κ1) is 34.2. The molecule has 0 atom stereocenters. The molecule has 3 aromatic carbocycles. The maximum atomic E-state index is 11.7. The van der Waals surface area contributed by atoms with Crippen molar-refractivity contribution in [3.8, 4) is 22.4 Å². The fourth-order valence-corrected chi connectivity index (χ4v) is 6.64. The molecule has 0 spiro atoms. The zero-order valence-electron chi connectivity index (χ0n) is 27.1. The smallest absolute Gasteiger partial charge is 0.162 e. The van der Waals surface area contributed by atoms with Crippen LogP contribution in [0.15, 0.2) is 91.1 Å². The molecular weight excluding hydrogens is 733 g/mol. The molecular formula is C40H43IrN2O2-. The summed E-state index contributed by atoms with van der Waals surface area (Å²) in [6.07, 6.45) is 10.7. The molecule has 1 aliphatic rings. The van der Waals surface area contributed by atoms with E-state index >= 15 is 0 Å². The Morgan fingerprint density at radius 3 is 2.22 bits per heavy atom. The number of rotatable bonds is 8. The van der Waals surface area contributed by atoms with Crippen molar-refractivity contribution in [1.29, 1.82) is 0 Å². The molecule has 1 N–H and O–H groups in total. The van der Waals surface area contributed by atoms with Gasteiger partial charge in [-0.1, -0.05) is 94.8 Å². The van der Waals surface area contributed by atoms with Crippen LogP contribution < -0.4 is 0 Å². The molecule has 6 rings (SSSR count). The number of hydrogen-bond acceptors (Lipinski definition) is 4. The largest absolute Gasteiger partial charge is 0.512 e. The van der Waals surface area contributed by atoms with Crippen molar-refractivity contribution in [2.45, 2.75) is 72.6 Å². The van der Waals surface area contributed by atoms with Crippen molar-refractivity contribution >= 4 is 27.3 Å². The predicted molar refractivity (Wildman–Crippen MR) is 183 cm³/mol. The van der Waals surface area contributed by atoms with Crippen LogP contribution in [0.4, 0.5) is 0 Å². The summed E-state index contributed by atoms with van der Waals surface area (Å²) in [6, 6.07) is 25.0. The summed E-state index contributed by atoms with van der Waals surface area (Å²) in [5, 5.41) is 14.6. The maximum Gasteiger partial charge on any atom is 0.162 e. The van der Waals surface area contributed by atoms with Crippen molar-refractivity contribution in [2.24, 2.45) is 11.8 Å². The van der Waals surface area contributed by atoms with Gasteiger partial charge in [0.25, 0.3) is 0 Å². The first-order valence-corrected chi connectivity index (χ1v) is 16.0. The summed E-state index contributed by atoms with van der Waals surface area (Å²) in [5.74, 6) is 0.547. The molecule has 0 amide bonds. The second-order valence-corrected chi connectivity index (χ2v) is 12.3. The monoisotopic (exact) mass is 776 g/mol. The zero-order chi connectivity index (χ0) is 31.4. The fourth-order valence-electron chi connectivity index (χ4n) is 6.64. The first-order chi connectivity index (χ1) is 21.2. The minimum Gasteiger partial charge on any atom is -0.512 e. The standard InChI is InChI=1S/C27H19N2.C13H24O2.Ir/c1-27(2)23-15-20(17-6-4-3-5-7-17)14-19-11-13-29-26(24(19)23)21-9-8-18-10-12-28-16-22(18)25(21)27;1-5-10(6-2)12(14)9-13(15)11(7-3)8-4;/h3-8,10-16H,1-2H3;9-11,14H,5-8H2,1-4H3;/q-1;;/b;12-9-;. The Kier molecular flexibility index (Phi) is 11.1. The number of aliphatic hydroxyl groups is 1. The topological polar surface area (TPSA) is 63.1 Å². The average Bonchev–Trinajstić information content (AvgIpc) is 3.04. The van der Waals surface area contributed by atoms with E-state index in [9.17, 15) is 9.90 Å². The van der Waals surface area contributed by atoms with Crippen LogP contribution in [0.3, 0.4) is 0 Å². The summed E-state index contributed by atoms with van der Waals surface area (Å²) >= 11 is 0. The minimum absolute atomic E-state index is 0. The number of nitrogens with zero attached hydrogens (tertiary/aromatic N) is 2. The van der Waals surface area contributed by atoms with Gasteiger partial charge in [0.2, 0.25) is 0 Å². The zero-order valence-corrected chi connectivity index (χ0v) is 29.5. The van der Waals surface area contributed by atoms with Crippen LogP contribution in [0.5, 0.6) is 0 Å². The van der Waals surface area contributed by atoms with E-state index in [0.29, 0.717) is 0 Å². The van der Waals surface area contributed by atoms with Gasteiger partial charge in [-0.2, -0.15) is 0 Å². The summed E-state index contributed by atoms with van der Waals surface area (Å²) in [7, 11) is 0. The van der Waals surface area contributed by atoms with Crippen LogP contribution in [0.25, 0.3) is 43.9 Å². The number of allylic oxidation sites excluding steroid dienone is 2. The van der Waals surface area contributed by atoms with Gasteiger partial charge in [0.05, 0.1) is 5.76 Å². The maximum absolute atomic E-state index is 11.7. The molecule has 5 aromatic rings. The van der Waals surface area contributed by atoms with Crippen LogP contribution in [-0.2, 0) is 30.3 Å². The van der Waals surface area contributed by atoms with Crippen LogP contribution in [0.1, 0.15) is 78.4 Å². The number of benzene rings is 3. The molecule has 1 radical (unpaired) electrons. The number of hydrogen-bond donors (Lipinski definition) is 1. The third-order valence-corrected chi connectivity index (χ3v) is 9.33. The van der Waals surface area contributed by atoms with E-state index in [-0.39, 0.29) is 48.9 Å². The number of ketones is 1. The normalized spacial score (nSPS) is 13.3.